The van der Waals surface area contributed by atoms with Gasteiger partial charge in [0.15, 0.2) is 0 Å². The maximum Gasteiger partial charge on any atom is 0.0615 e. The number of hydrogen-bond donors (Lipinski definition) is 1. The number of para-hydroxylation sites is 1. The molecule has 0 aliphatic carbocycles. The highest BCUT2D eigenvalue weighted by Crippen LogP contribution is 2.19. The third kappa shape index (κ3) is 2.14. The Labute approximate surface area is 94.0 Å². The van der Waals surface area contributed by atoms with Crippen molar-refractivity contribution in [2.45, 2.75) is 19.4 Å². The Balaban J connectivity index is 2.32. The van der Waals surface area contributed by atoms with E-state index in [2.05, 4.69) is 39.5 Å². The third-order valence-corrected chi connectivity index (χ3v) is 2.57. The molecule has 76 valence electrons. The molecule has 0 amide bonds. The van der Waals surface area contributed by atoms with Gasteiger partial charge in [0.25, 0.3) is 0 Å². The number of isothiocyanates is 1. The molecule has 0 aliphatic rings. The average molecular weight is 216 g/mol. The minimum atomic E-state index is 0.196. The molecule has 2 aromatic rings. The summed E-state index contributed by atoms with van der Waals surface area (Å²) in [7, 11) is 0. The molecule has 0 spiro atoms. The summed E-state index contributed by atoms with van der Waals surface area (Å²) in [5.74, 6) is 0. The standard InChI is InChI=1S/C12H12N2S/c1-9(14-8-15)6-10-7-13-12-5-3-2-4-11(10)12/h2-5,7,9,13H,6H2,1H3. The van der Waals surface area contributed by atoms with Crippen molar-refractivity contribution in [3.63, 3.8) is 0 Å². The van der Waals surface area contributed by atoms with Crippen LogP contribution in [-0.4, -0.2) is 16.2 Å². The molecular formula is C12H12N2S. The highest BCUT2D eigenvalue weighted by atomic mass is 32.1. The topological polar surface area (TPSA) is 28.1 Å². The lowest BCUT2D eigenvalue weighted by Gasteiger charge is -2.02. The van der Waals surface area contributed by atoms with Crippen LogP contribution in [0.1, 0.15) is 12.5 Å². The van der Waals surface area contributed by atoms with E-state index >= 15 is 0 Å². The van der Waals surface area contributed by atoms with Crippen LogP contribution in [0, 0.1) is 0 Å². The van der Waals surface area contributed by atoms with Crippen LogP contribution >= 0.6 is 12.2 Å². The van der Waals surface area contributed by atoms with Gasteiger partial charge in [0, 0.05) is 17.1 Å². The highest BCUT2D eigenvalue weighted by Gasteiger charge is 2.06. The van der Waals surface area contributed by atoms with Crippen LogP contribution in [0.5, 0.6) is 0 Å². The van der Waals surface area contributed by atoms with Crippen LogP contribution in [0.15, 0.2) is 35.5 Å². The van der Waals surface area contributed by atoms with E-state index in [0.29, 0.717) is 0 Å². The number of thiocarbonyl (C=S) groups is 1. The molecule has 0 aliphatic heterocycles. The van der Waals surface area contributed by atoms with Crippen molar-refractivity contribution in [2.24, 2.45) is 4.99 Å². The van der Waals surface area contributed by atoms with Crippen LogP contribution in [0.25, 0.3) is 10.9 Å². The SMILES string of the molecule is CC(Cc1c[nH]c2ccccc12)N=C=S. The number of benzene rings is 1. The molecule has 2 nitrogen and oxygen atoms in total. The molecule has 1 aromatic heterocycles. The van der Waals surface area contributed by atoms with Crippen molar-refractivity contribution in [1.29, 1.82) is 0 Å². The quantitative estimate of drug-likeness (QED) is 0.619. The largest absolute Gasteiger partial charge is 0.361 e. The van der Waals surface area contributed by atoms with Crippen LogP contribution in [0.4, 0.5) is 0 Å². The highest BCUT2D eigenvalue weighted by molar-refractivity contribution is 7.78. The van der Waals surface area contributed by atoms with Gasteiger partial charge in [-0.2, -0.15) is 0 Å². The predicted octanol–water partition coefficient (Wildman–Crippen LogP) is 3.20. The van der Waals surface area contributed by atoms with E-state index in [9.17, 15) is 0 Å². The number of fused-ring (bicyclic) bond motifs is 1. The number of aliphatic imine (C=N–C) groups is 1. The lowest BCUT2D eigenvalue weighted by Crippen LogP contribution is -2.01. The zero-order valence-corrected chi connectivity index (χ0v) is 9.34. The van der Waals surface area contributed by atoms with Crippen molar-refractivity contribution >= 4 is 28.3 Å². The molecule has 1 aromatic carbocycles. The summed E-state index contributed by atoms with van der Waals surface area (Å²) in [6, 6.07) is 8.47. The zero-order valence-electron chi connectivity index (χ0n) is 8.53. The average Bonchev–Trinajstić information content (AvgIpc) is 2.62. The van der Waals surface area contributed by atoms with E-state index in [1.165, 1.54) is 16.5 Å². The van der Waals surface area contributed by atoms with Crippen LogP contribution in [0.3, 0.4) is 0 Å². The molecule has 0 bridgehead atoms. The summed E-state index contributed by atoms with van der Waals surface area (Å²) in [4.78, 5) is 7.30. The molecule has 3 heteroatoms. The molecule has 1 atom stereocenters. The molecule has 1 unspecified atom stereocenters. The number of hydrogen-bond acceptors (Lipinski definition) is 2. The van der Waals surface area contributed by atoms with E-state index in [0.717, 1.165) is 6.42 Å². The van der Waals surface area contributed by atoms with Gasteiger partial charge in [-0.25, -0.2) is 4.99 Å². The first-order chi connectivity index (χ1) is 7.31. The fourth-order valence-corrected chi connectivity index (χ4v) is 1.93. The summed E-state index contributed by atoms with van der Waals surface area (Å²) >= 11 is 4.60. The number of aromatic amines is 1. The predicted molar refractivity (Wildman–Crippen MR) is 66.5 cm³/mol. The van der Waals surface area contributed by atoms with Gasteiger partial charge in [-0.1, -0.05) is 18.2 Å². The van der Waals surface area contributed by atoms with Crippen molar-refractivity contribution in [2.75, 3.05) is 0 Å². The van der Waals surface area contributed by atoms with Crippen LogP contribution in [0.2, 0.25) is 0 Å². The Bertz CT molecular complexity index is 509. The Morgan fingerprint density at radius 2 is 2.27 bits per heavy atom. The molecule has 1 N–H and O–H groups in total. The lowest BCUT2D eigenvalue weighted by molar-refractivity contribution is 0.749. The maximum atomic E-state index is 4.60. The number of H-pyrrole nitrogens is 1. The van der Waals surface area contributed by atoms with E-state index in [4.69, 9.17) is 0 Å². The van der Waals surface area contributed by atoms with Crippen LogP contribution < -0.4 is 0 Å². The van der Waals surface area contributed by atoms with E-state index < -0.39 is 0 Å². The van der Waals surface area contributed by atoms with E-state index in [-0.39, 0.29) is 6.04 Å². The molecule has 0 saturated heterocycles. The summed E-state index contributed by atoms with van der Waals surface area (Å²) < 4.78 is 0. The Kier molecular flexibility index (Phi) is 2.95. The number of aromatic nitrogens is 1. The molecular weight excluding hydrogens is 204 g/mol. The smallest absolute Gasteiger partial charge is 0.0615 e. The van der Waals surface area contributed by atoms with Crippen molar-refractivity contribution in [1.82, 2.24) is 4.98 Å². The molecule has 2 rings (SSSR count). The summed E-state index contributed by atoms with van der Waals surface area (Å²) in [6.45, 7) is 2.04. The zero-order chi connectivity index (χ0) is 10.7. The Morgan fingerprint density at radius 3 is 3.07 bits per heavy atom. The minimum absolute atomic E-state index is 0.196. The minimum Gasteiger partial charge on any atom is -0.361 e. The maximum absolute atomic E-state index is 4.60. The number of nitrogens with zero attached hydrogens (tertiary/aromatic N) is 1. The lowest BCUT2D eigenvalue weighted by atomic mass is 10.1. The molecule has 1 heterocycles. The van der Waals surface area contributed by atoms with Gasteiger partial charge in [0.05, 0.1) is 11.2 Å². The molecule has 0 saturated carbocycles. The van der Waals surface area contributed by atoms with Gasteiger partial charge < -0.3 is 4.98 Å². The summed E-state index contributed by atoms with van der Waals surface area (Å²) in [6.07, 6.45) is 2.94. The number of rotatable bonds is 3. The fraction of sp³-hybridized carbons (Fsp3) is 0.250. The van der Waals surface area contributed by atoms with Gasteiger partial charge in [-0.05, 0) is 37.2 Å². The second-order valence-corrected chi connectivity index (χ2v) is 3.82. The van der Waals surface area contributed by atoms with Crippen LogP contribution in [-0.2, 0) is 6.42 Å². The Morgan fingerprint density at radius 1 is 1.47 bits per heavy atom. The van der Waals surface area contributed by atoms with Gasteiger partial charge in [-0.3, -0.25) is 0 Å². The van der Waals surface area contributed by atoms with Crippen molar-refractivity contribution in [3.8, 4) is 0 Å². The van der Waals surface area contributed by atoms with Gasteiger partial charge in [0.2, 0.25) is 0 Å². The second kappa shape index (κ2) is 4.39. The Hall–Kier alpha value is -1.44. The van der Waals surface area contributed by atoms with Gasteiger partial charge in [-0.15, -0.1) is 0 Å². The molecule has 0 fully saturated rings. The summed E-state index contributed by atoms with van der Waals surface area (Å²) in [5.41, 5.74) is 2.46. The van der Waals surface area contributed by atoms with Crippen molar-refractivity contribution in [3.05, 3.63) is 36.0 Å². The number of nitrogens with one attached hydrogen (secondary N) is 1. The van der Waals surface area contributed by atoms with Gasteiger partial charge in [0.1, 0.15) is 0 Å². The third-order valence-electron chi connectivity index (χ3n) is 2.46. The molecule has 0 radical (unpaired) electrons. The molecule has 15 heavy (non-hydrogen) atoms. The first-order valence-electron chi connectivity index (χ1n) is 4.93. The fourth-order valence-electron chi connectivity index (χ4n) is 1.75. The van der Waals surface area contributed by atoms with E-state index in [1.54, 1.807) is 0 Å². The second-order valence-electron chi connectivity index (χ2n) is 3.63. The first kappa shape index (κ1) is 10.1. The monoisotopic (exact) mass is 216 g/mol. The summed E-state index contributed by atoms with van der Waals surface area (Å²) in [5, 5.41) is 3.69. The van der Waals surface area contributed by atoms with E-state index in [1.807, 2.05) is 25.3 Å². The van der Waals surface area contributed by atoms with Crippen molar-refractivity contribution < 1.29 is 0 Å². The normalized spacial score (nSPS) is 12.3. The van der Waals surface area contributed by atoms with Gasteiger partial charge >= 0.3 is 0 Å². The first-order valence-corrected chi connectivity index (χ1v) is 5.34.